The molecule has 142 valence electrons. The van der Waals surface area contributed by atoms with E-state index < -0.39 is 18.2 Å². The van der Waals surface area contributed by atoms with Crippen LogP contribution in [0.1, 0.15) is 28.8 Å². The van der Waals surface area contributed by atoms with Gasteiger partial charge in [0.05, 0.1) is 5.69 Å². The molecule has 9 heteroatoms. The summed E-state index contributed by atoms with van der Waals surface area (Å²) < 4.78 is 46.7. The second kappa shape index (κ2) is 6.04. The van der Waals surface area contributed by atoms with Crippen molar-refractivity contribution in [2.45, 2.75) is 32.5 Å². The monoisotopic (exact) mass is 378 g/mol. The summed E-state index contributed by atoms with van der Waals surface area (Å²) >= 11 is 0. The smallest absolute Gasteiger partial charge is 0.359 e. The maximum atomic E-state index is 13.9. The lowest BCUT2D eigenvalue weighted by Crippen LogP contribution is -2.48. The minimum atomic E-state index is -4.62. The number of amides is 2. The van der Waals surface area contributed by atoms with Crippen LogP contribution in [0, 0.1) is 13.8 Å². The zero-order valence-corrected chi connectivity index (χ0v) is 14.6. The standard InChI is InChI=1S/C18H17F3N4O2/c1-9-14(10(2)27-24-9)23-17(26)25-8-7-12-11-5-3-4-6-13(11)22-15(12)16(25)18(19,20)21/h3-6,16,22H,7-8H2,1-2H3,(H,23,26). The van der Waals surface area contributed by atoms with E-state index in [1.54, 1.807) is 38.1 Å². The maximum Gasteiger partial charge on any atom is 0.414 e. The van der Waals surface area contributed by atoms with Crippen LogP contribution >= 0.6 is 0 Å². The van der Waals surface area contributed by atoms with E-state index >= 15 is 0 Å². The van der Waals surface area contributed by atoms with E-state index in [4.69, 9.17) is 4.52 Å². The summed E-state index contributed by atoms with van der Waals surface area (Å²) in [5.41, 5.74) is 1.96. The highest BCUT2D eigenvalue weighted by atomic mass is 19.4. The van der Waals surface area contributed by atoms with Gasteiger partial charge in [0.1, 0.15) is 11.4 Å². The van der Waals surface area contributed by atoms with Crippen LogP contribution in [0.25, 0.3) is 10.9 Å². The topological polar surface area (TPSA) is 74.2 Å². The van der Waals surface area contributed by atoms with Gasteiger partial charge < -0.3 is 19.7 Å². The third kappa shape index (κ3) is 2.83. The number of hydrogen-bond donors (Lipinski definition) is 2. The third-order valence-corrected chi connectivity index (χ3v) is 4.87. The number of alkyl halides is 3. The number of hydrogen-bond acceptors (Lipinski definition) is 3. The molecule has 0 bridgehead atoms. The number of aryl methyl sites for hydroxylation is 2. The van der Waals surface area contributed by atoms with Crippen LogP contribution < -0.4 is 5.32 Å². The summed E-state index contributed by atoms with van der Waals surface area (Å²) in [4.78, 5) is 16.4. The van der Waals surface area contributed by atoms with Crippen molar-refractivity contribution < 1.29 is 22.5 Å². The van der Waals surface area contributed by atoms with Crippen LogP contribution in [-0.2, 0) is 6.42 Å². The van der Waals surface area contributed by atoms with Crippen LogP contribution in [0.2, 0.25) is 0 Å². The second-order valence-corrected chi connectivity index (χ2v) is 6.58. The maximum absolute atomic E-state index is 13.9. The number of fused-ring (bicyclic) bond motifs is 3. The van der Waals surface area contributed by atoms with Crippen molar-refractivity contribution in [1.82, 2.24) is 15.0 Å². The van der Waals surface area contributed by atoms with Crippen LogP contribution in [0.3, 0.4) is 0 Å². The molecule has 1 aliphatic rings. The summed E-state index contributed by atoms with van der Waals surface area (Å²) in [6.07, 6.45) is -4.28. The number of nitrogens with zero attached hydrogens (tertiary/aromatic N) is 2. The Morgan fingerprint density at radius 2 is 2.07 bits per heavy atom. The van der Waals surface area contributed by atoms with E-state index in [1.807, 2.05) is 0 Å². The van der Waals surface area contributed by atoms with Crippen molar-refractivity contribution in [3.63, 3.8) is 0 Å². The van der Waals surface area contributed by atoms with Crippen molar-refractivity contribution in [1.29, 1.82) is 0 Å². The number of aromatic nitrogens is 2. The first-order valence-electron chi connectivity index (χ1n) is 8.44. The van der Waals surface area contributed by atoms with Gasteiger partial charge in [0.2, 0.25) is 0 Å². The molecule has 1 atom stereocenters. The lowest BCUT2D eigenvalue weighted by atomic mass is 9.97. The summed E-state index contributed by atoms with van der Waals surface area (Å²) in [7, 11) is 0. The number of anilines is 1. The van der Waals surface area contributed by atoms with Crippen molar-refractivity contribution in [3.05, 3.63) is 47.0 Å². The van der Waals surface area contributed by atoms with Gasteiger partial charge in [-0.1, -0.05) is 23.4 Å². The quantitative estimate of drug-likeness (QED) is 0.656. The molecule has 6 nitrogen and oxygen atoms in total. The van der Waals surface area contributed by atoms with Crippen LogP contribution in [-0.4, -0.2) is 33.8 Å². The summed E-state index contributed by atoms with van der Waals surface area (Å²) in [5, 5.41) is 6.98. The molecule has 0 radical (unpaired) electrons. The SMILES string of the molecule is Cc1noc(C)c1NC(=O)N1CCc2c([nH]c3ccccc23)C1C(F)(F)F. The largest absolute Gasteiger partial charge is 0.414 e. The van der Waals surface area contributed by atoms with Crippen molar-refractivity contribution >= 4 is 22.6 Å². The van der Waals surface area contributed by atoms with Gasteiger partial charge in [-0.05, 0) is 31.9 Å². The molecule has 2 aromatic heterocycles. The lowest BCUT2D eigenvalue weighted by Gasteiger charge is -2.36. The van der Waals surface area contributed by atoms with Gasteiger partial charge in [-0.2, -0.15) is 13.2 Å². The molecule has 1 aliphatic heterocycles. The van der Waals surface area contributed by atoms with Gasteiger partial charge in [0.25, 0.3) is 0 Å². The highest BCUT2D eigenvalue weighted by Crippen LogP contribution is 2.43. The Labute approximate surface area is 152 Å². The number of halogens is 3. The lowest BCUT2D eigenvalue weighted by molar-refractivity contribution is -0.180. The molecule has 2 N–H and O–H groups in total. The number of benzene rings is 1. The number of carbonyl (C=O) groups is 1. The van der Waals surface area contributed by atoms with Crippen molar-refractivity contribution in [2.24, 2.45) is 0 Å². The molecule has 1 unspecified atom stereocenters. The average Bonchev–Trinajstić information content (AvgIpc) is 3.14. The Bertz CT molecular complexity index is 1000. The third-order valence-electron chi connectivity index (χ3n) is 4.87. The summed E-state index contributed by atoms with van der Waals surface area (Å²) in [6, 6.07) is 4.18. The second-order valence-electron chi connectivity index (χ2n) is 6.58. The molecule has 0 spiro atoms. The number of aromatic amines is 1. The molecular formula is C18H17F3N4O2. The predicted molar refractivity (Wildman–Crippen MR) is 92.5 cm³/mol. The van der Waals surface area contributed by atoms with E-state index in [-0.39, 0.29) is 12.2 Å². The fraction of sp³-hybridized carbons (Fsp3) is 0.333. The first kappa shape index (κ1) is 17.4. The number of para-hydroxylation sites is 1. The van der Waals surface area contributed by atoms with Gasteiger partial charge in [-0.25, -0.2) is 4.79 Å². The zero-order chi connectivity index (χ0) is 19.3. The molecule has 0 aliphatic carbocycles. The highest BCUT2D eigenvalue weighted by molar-refractivity contribution is 5.92. The molecule has 4 rings (SSSR count). The first-order chi connectivity index (χ1) is 12.8. The molecule has 0 fully saturated rings. The average molecular weight is 378 g/mol. The van der Waals surface area contributed by atoms with Crippen molar-refractivity contribution in [3.8, 4) is 0 Å². The van der Waals surface area contributed by atoms with Gasteiger partial charge in [-0.15, -0.1) is 0 Å². The first-order valence-corrected chi connectivity index (χ1v) is 8.44. The summed E-state index contributed by atoms with van der Waals surface area (Å²) in [5.74, 6) is 0.340. The van der Waals surface area contributed by atoms with Gasteiger partial charge in [-0.3, -0.25) is 0 Å². The van der Waals surface area contributed by atoms with E-state index in [0.29, 0.717) is 34.6 Å². The van der Waals surface area contributed by atoms with Crippen LogP contribution in [0.5, 0.6) is 0 Å². The minimum Gasteiger partial charge on any atom is -0.359 e. The van der Waals surface area contributed by atoms with E-state index in [1.165, 1.54) is 0 Å². The fourth-order valence-corrected chi connectivity index (χ4v) is 3.64. The molecular weight excluding hydrogens is 361 g/mol. The molecule has 0 saturated carbocycles. The molecule has 2 amide bonds. The molecule has 3 aromatic rings. The number of carbonyl (C=O) groups excluding carboxylic acids is 1. The number of urea groups is 1. The van der Waals surface area contributed by atoms with E-state index in [2.05, 4.69) is 15.5 Å². The Morgan fingerprint density at radius 1 is 1.33 bits per heavy atom. The Kier molecular flexibility index (Phi) is 3.90. The highest BCUT2D eigenvalue weighted by Gasteiger charge is 2.50. The molecule has 3 heterocycles. The fourth-order valence-electron chi connectivity index (χ4n) is 3.64. The van der Waals surface area contributed by atoms with E-state index in [9.17, 15) is 18.0 Å². The van der Waals surface area contributed by atoms with Gasteiger partial charge in [0.15, 0.2) is 11.8 Å². The van der Waals surface area contributed by atoms with Gasteiger partial charge in [0, 0.05) is 17.4 Å². The predicted octanol–water partition coefficient (Wildman–Crippen LogP) is 4.47. The van der Waals surface area contributed by atoms with Crippen LogP contribution in [0.15, 0.2) is 28.8 Å². The summed E-state index contributed by atoms with van der Waals surface area (Å²) in [6.45, 7) is 3.15. The van der Waals surface area contributed by atoms with Crippen LogP contribution in [0.4, 0.5) is 23.7 Å². The normalized spacial score (nSPS) is 17.2. The van der Waals surface area contributed by atoms with Crippen molar-refractivity contribution in [2.75, 3.05) is 11.9 Å². The number of H-pyrrole nitrogens is 1. The number of nitrogens with one attached hydrogen (secondary N) is 2. The Morgan fingerprint density at radius 3 is 2.74 bits per heavy atom. The van der Waals surface area contributed by atoms with E-state index in [0.717, 1.165) is 10.3 Å². The minimum absolute atomic E-state index is 0.0175. The van der Waals surface area contributed by atoms with Gasteiger partial charge >= 0.3 is 12.2 Å². The Balaban J connectivity index is 1.74. The molecule has 27 heavy (non-hydrogen) atoms. The zero-order valence-electron chi connectivity index (χ0n) is 14.6. The molecule has 1 aromatic carbocycles. The number of rotatable bonds is 1. The molecule has 0 saturated heterocycles. The Hall–Kier alpha value is -2.97.